The second kappa shape index (κ2) is 6.99. The van der Waals surface area contributed by atoms with Crippen LogP contribution in [-0.4, -0.2) is 50.8 Å². The Bertz CT molecular complexity index is 184. The molecule has 0 aromatic heterocycles. The third-order valence-corrected chi connectivity index (χ3v) is 2.99. The summed E-state index contributed by atoms with van der Waals surface area (Å²) in [7, 11) is 2.02. The van der Waals surface area contributed by atoms with Gasteiger partial charge in [0.2, 0.25) is 0 Å². The third-order valence-electron chi connectivity index (χ3n) is 2.99. The summed E-state index contributed by atoms with van der Waals surface area (Å²) in [6.45, 7) is 11.0. The fourth-order valence-corrected chi connectivity index (χ4v) is 2.19. The van der Waals surface area contributed by atoms with Crippen molar-refractivity contribution in [3.05, 3.63) is 12.7 Å². The lowest BCUT2D eigenvalue weighted by molar-refractivity contribution is 0.170. The number of hydrogen-bond donors (Lipinski definition) is 1. The van der Waals surface area contributed by atoms with E-state index in [0.29, 0.717) is 12.0 Å². The molecule has 0 bridgehead atoms. The number of rotatable bonds is 7. The van der Waals surface area contributed by atoms with Crippen LogP contribution in [0.5, 0.6) is 0 Å². The smallest absolute Gasteiger partial charge is 0.0623 e. The number of nitrogens with one attached hydrogen (secondary N) is 1. The van der Waals surface area contributed by atoms with E-state index in [0.717, 1.165) is 32.8 Å². The van der Waals surface area contributed by atoms with Crippen molar-refractivity contribution in [1.29, 1.82) is 0 Å². The van der Waals surface area contributed by atoms with Crippen molar-refractivity contribution in [3.63, 3.8) is 0 Å². The normalized spacial score (nSPS) is 26.1. The summed E-state index contributed by atoms with van der Waals surface area (Å²) >= 11 is 0. The molecule has 1 aliphatic heterocycles. The maximum Gasteiger partial charge on any atom is 0.0623 e. The van der Waals surface area contributed by atoms with E-state index in [1.165, 1.54) is 6.42 Å². The van der Waals surface area contributed by atoms with Crippen LogP contribution < -0.4 is 5.32 Å². The van der Waals surface area contributed by atoms with Crippen LogP contribution in [0.25, 0.3) is 0 Å². The predicted molar refractivity (Wildman–Crippen MR) is 64.1 cm³/mol. The summed E-state index contributed by atoms with van der Waals surface area (Å²) in [5.41, 5.74) is 0. The van der Waals surface area contributed by atoms with E-state index in [1.807, 2.05) is 13.1 Å². The molecule has 0 radical (unpaired) electrons. The van der Waals surface area contributed by atoms with E-state index in [9.17, 15) is 0 Å². The number of ether oxygens (including phenoxy) is 1. The highest BCUT2D eigenvalue weighted by Gasteiger charge is 2.27. The standard InChI is InChI=1S/C12H24N2O/c1-4-6-14(7-5-2)8-11-9-15-10-12(11)13-3/h4,11-13H,1,5-10H2,2-3H3. The van der Waals surface area contributed by atoms with E-state index in [2.05, 4.69) is 23.7 Å². The van der Waals surface area contributed by atoms with Gasteiger partial charge in [0.25, 0.3) is 0 Å². The number of nitrogens with zero attached hydrogens (tertiary/aromatic N) is 1. The zero-order valence-corrected chi connectivity index (χ0v) is 10.0. The molecule has 1 fully saturated rings. The zero-order valence-electron chi connectivity index (χ0n) is 10.0. The summed E-state index contributed by atoms with van der Waals surface area (Å²) in [5, 5.41) is 3.33. The van der Waals surface area contributed by atoms with Crippen LogP contribution in [-0.2, 0) is 4.74 Å². The quantitative estimate of drug-likeness (QED) is 0.640. The van der Waals surface area contributed by atoms with E-state index < -0.39 is 0 Å². The van der Waals surface area contributed by atoms with Gasteiger partial charge >= 0.3 is 0 Å². The maximum absolute atomic E-state index is 5.50. The van der Waals surface area contributed by atoms with Crippen molar-refractivity contribution in [2.75, 3.05) is 39.9 Å². The fraction of sp³-hybridized carbons (Fsp3) is 0.833. The largest absolute Gasteiger partial charge is 0.379 e. The molecule has 1 rings (SSSR count). The van der Waals surface area contributed by atoms with Gasteiger partial charge in [0.15, 0.2) is 0 Å². The molecule has 0 saturated carbocycles. The van der Waals surface area contributed by atoms with Crippen LogP contribution in [0.15, 0.2) is 12.7 Å². The summed E-state index contributed by atoms with van der Waals surface area (Å²) in [6.07, 6.45) is 3.19. The first-order valence-electron chi connectivity index (χ1n) is 5.90. The molecular weight excluding hydrogens is 188 g/mol. The molecule has 2 atom stereocenters. The molecule has 0 spiro atoms. The second-order valence-electron chi connectivity index (χ2n) is 4.24. The lowest BCUT2D eigenvalue weighted by Crippen LogP contribution is -2.40. The minimum atomic E-state index is 0.522. The molecule has 1 aliphatic rings. The molecular formula is C12H24N2O. The van der Waals surface area contributed by atoms with E-state index in [-0.39, 0.29) is 0 Å². The average molecular weight is 212 g/mol. The van der Waals surface area contributed by atoms with Gasteiger partial charge in [-0.2, -0.15) is 0 Å². The molecule has 15 heavy (non-hydrogen) atoms. The van der Waals surface area contributed by atoms with Gasteiger partial charge in [-0.3, -0.25) is 4.90 Å². The molecule has 0 aromatic rings. The van der Waals surface area contributed by atoms with E-state index in [4.69, 9.17) is 4.74 Å². The first-order valence-corrected chi connectivity index (χ1v) is 5.90. The van der Waals surface area contributed by atoms with Crippen LogP contribution >= 0.6 is 0 Å². The fourth-order valence-electron chi connectivity index (χ4n) is 2.19. The highest BCUT2D eigenvalue weighted by atomic mass is 16.5. The van der Waals surface area contributed by atoms with Gasteiger partial charge in [-0.15, -0.1) is 6.58 Å². The van der Waals surface area contributed by atoms with Crippen LogP contribution in [0.1, 0.15) is 13.3 Å². The topological polar surface area (TPSA) is 24.5 Å². The molecule has 1 N–H and O–H groups in total. The Hall–Kier alpha value is -0.380. The Kier molecular flexibility index (Phi) is 5.91. The highest BCUT2D eigenvalue weighted by Crippen LogP contribution is 2.15. The summed E-state index contributed by atoms with van der Waals surface area (Å²) in [5.74, 6) is 0.626. The van der Waals surface area contributed by atoms with Crippen LogP contribution in [0.3, 0.4) is 0 Å². The van der Waals surface area contributed by atoms with E-state index in [1.54, 1.807) is 0 Å². The van der Waals surface area contributed by atoms with Gasteiger partial charge in [0.05, 0.1) is 13.2 Å². The highest BCUT2D eigenvalue weighted by molar-refractivity contribution is 4.84. The summed E-state index contributed by atoms with van der Waals surface area (Å²) < 4.78 is 5.50. The molecule has 1 heterocycles. The van der Waals surface area contributed by atoms with Gasteiger partial charge in [-0.25, -0.2) is 0 Å². The molecule has 0 aliphatic carbocycles. The average Bonchev–Trinajstić information content (AvgIpc) is 2.66. The van der Waals surface area contributed by atoms with Crippen LogP contribution in [0.2, 0.25) is 0 Å². The van der Waals surface area contributed by atoms with Crippen molar-refractivity contribution in [2.45, 2.75) is 19.4 Å². The van der Waals surface area contributed by atoms with Gasteiger partial charge < -0.3 is 10.1 Å². The molecule has 0 aromatic carbocycles. The minimum absolute atomic E-state index is 0.522. The number of hydrogen-bond acceptors (Lipinski definition) is 3. The van der Waals surface area contributed by atoms with Crippen molar-refractivity contribution in [3.8, 4) is 0 Å². The summed E-state index contributed by atoms with van der Waals surface area (Å²) in [4.78, 5) is 2.46. The first-order chi connectivity index (χ1) is 7.31. The molecule has 3 heteroatoms. The zero-order chi connectivity index (χ0) is 11.1. The predicted octanol–water partition coefficient (Wildman–Crippen LogP) is 1.12. The molecule has 0 amide bonds. The lowest BCUT2D eigenvalue weighted by atomic mass is 10.0. The van der Waals surface area contributed by atoms with Crippen molar-refractivity contribution < 1.29 is 4.74 Å². The molecule has 88 valence electrons. The first kappa shape index (κ1) is 12.7. The van der Waals surface area contributed by atoms with Gasteiger partial charge in [-0.05, 0) is 20.0 Å². The second-order valence-corrected chi connectivity index (χ2v) is 4.24. The lowest BCUT2D eigenvalue weighted by Gasteiger charge is -2.26. The Morgan fingerprint density at radius 2 is 2.33 bits per heavy atom. The van der Waals surface area contributed by atoms with Gasteiger partial charge in [0, 0.05) is 25.0 Å². The van der Waals surface area contributed by atoms with Crippen molar-refractivity contribution in [2.24, 2.45) is 5.92 Å². The Labute approximate surface area is 93.5 Å². The maximum atomic E-state index is 5.50. The minimum Gasteiger partial charge on any atom is -0.379 e. The van der Waals surface area contributed by atoms with Gasteiger partial charge in [0.1, 0.15) is 0 Å². The Morgan fingerprint density at radius 3 is 2.93 bits per heavy atom. The molecule has 1 saturated heterocycles. The Morgan fingerprint density at radius 1 is 1.53 bits per heavy atom. The molecule has 3 nitrogen and oxygen atoms in total. The number of likely N-dealkylation sites (N-methyl/N-ethyl adjacent to an activating group) is 1. The van der Waals surface area contributed by atoms with Crippen molar-refractivity contribution >= 4 is 0 Å². The van der Waals surface area contributed by atoms with Gasteiger partial charge in [-0.1, -0.05) is 13.0 Å². The Balaban J connectivity index is 2.38. The van der Waals surface area contributed by atoms with Crippen LogP contribution in [0, 0.1) is 5.92 Å². The molecule has 2 unspecified atom stereocenters. The van der Waals surface area contributed by atoms with Crippen molar-refractivity contribution in [1.82, 2.24) is 10.2 Å². The SMILES string of the molecule is C=CCN(CCC)CC1COCC1NC. The third kappa shape index (κ3) is 3.93. The van der Waals surface area contributed by atoms with Crippen LogP contribution in [0.4, 0.5) is 0 Å². The monoisotopic (exact) mass is 212 g/mol. The summed E-state index contributed by atoms with van der Waals surface area (Å²) in [6, 6.07) is 0.522. The van der Waals surface area contributed by atoms with E-state index >= 15 is 0 Å².